The van der Waals surface area contributed by atoms with Crippen LogP contribution in [0.4, 0.5) is 0 Å². The van der Waals surface area contributed by atoms with Gasteiger partial charge in [0.1, 0.15) is 0 Å². The average molecular weight is 213 g/mol. The Bertz CT molecular complexity index is 114. The summed E-state index contributed by atoms with van der Waals surface area (Å²) in [5.41, 5.74) is 0. The van der Waals surface area contributed by atoms with Gasteiger partial charge in [-0.1, -0.05) is 0 Å². The Hall–Kier alpha value is 2.94. The van der Waals surface area contributed by atoms with Crippen molar-refractivity contribution in [2.24, 2.45) is 5.92 Å². The number of carbonyl (C=O) groups is 2. The van der Waals surface area contributed by atoms with Crippen LogP contribution in [-0.4, -0.2) is 140 Å². The quantitative estimate of drug-likeness (QED) is 0.379. The van der Waals surface area contributed by atoms with Gasteiger partial charge in [0.15, 0.2) is 5.92 Å². The van der Waals surface area contributed by atoms with Crippen molar-refractivity contribution in [3.8, 4) is 0 Å². The molecule has 0 saturated heterocycles. The molecule has 0 amide bonds. The zero-order chi connectivity index (χ0) is 6.73. The molecule has 0 aliphatic carbocycles. The molecule has 8 heteroatoms. The molecule has 0 aromatic carbocycles. The molecule has 0 saturated carbocycles. The molecule has 0 heterocycles. The number of carboxylic acids is 2. The van der Waals surface area contributed by atoms with Gasteiger partial charge >= 0.3 is 130 Å². The zero-order valence-electron chi connectivity index (χ0n) is 4.00. The van der Waals surface area contributed by atoms with Crippen LogP contribution < -0.4 is 0 Å². The number of carboxylic acid groups (broad SMARTS) is 2. The molecule has 0 unspecified atom stereocenters. The number of aliphatic carboxylic acids is 2. The summed E-state index contributed by atoms with van der Waals surface area (Å²) in [4.78, 5) is 19.4. The van der Waals surface area contributed by atoms with E-state index in [-0.39, 0.29) is 118 Å². The summed E-state index contributed by atoms with van der Waals surface area (Å²) >= 11 is 0. The molecule has 0 spiro atoms. The normalized spacial score (nSPS) is 6.17. The molecular weight excluding hydrogens is 204 g/mol. The van der Waals surface area contributed by atoms with Crippen LogP contribution in [0.25, 0.3) is 0 Å². The number of hydrogen-bond donors (Lipinski definition) is 2. The second-order valence-electron chi connectivity index (χ2n) is 1.23. The molecule has 12 heavy (non-hydrogen) atoms. The molecule has 0 rings (SSSR count). The molecule has 53 valence electrons. The van der Waals surface area contributed by atoms with Gasteiger partial charge in [0, 0.05) is 0 Å². The Balaban J connectivity index is -0.0000000408. The summed E-state index contributed by atoms with van der Waals surface area (Å²) in [6.45, 7) is 2.84. The molecule has 0 aromatic rings. The van der Waals surface area contributed by atoms with Gasteiger partial charge in [-0.15, -0.1) is 0 Å². The molecule has 0 fully saturated rings. The van der Waals surface area contributed by atoms with Crippen LogP contribution in [0.5, 0.6) is 0 Å². The maximum atomic E-state index is 9.70. The van der Waals surface area contributed by atoms with Gasteiger partial charge in [-0.3, -0.25) is 9.59 Å². The van der Waals surface area contributed by atoms with Crippen molar-refractivity contribution in [3.63, 3.8) is 0 Å². The van der Waals surface area contributed by atoms with E-state index in [1.54, 1.807) is 0 Å². The number of hydrogen-bond acceptors (Lipinski definition) is 2. The predicted octanol–water partition coefficient (Wildman–Crippen LogP) is -2.99. The van der Waals surface area contributed by atoms with E-state index in [9.17, 15) is 9.59 Å². The van der Waals surface area contributed by atoms with Crippen LogP contribution in [0.2, 0.25) is 0 Å². The van der Waals surface area contributed by atoms with E-state index in [0.29, 0.717) is 0 Å². The molecule has 0 aliphatic heterocycles. The van der Waals surface area contributed by atoms with Crippen molar-refractivity contribution in [1.82, 2.24) is 0 Å². The standard InChI is InChI=1S/C4H5O4.4Na.4H/c1-2(3(5)6)4(7)8;;;;;;;;/h2H,1H2,(H,5,6)(H,7,8);;;;;;;;. The van der Waals surface area contributed by atoms with Gasteiger partial charge in [-0.05, 0) is 6.92 Å². The SMILES string of the molecule is [CH2]C(C(=O)O)C(=O)O.[NaH].[NaH].[NaH].[NaH]. The van der Waals surface area contributed by atoms with Crippen LogP contribution in [0.3, 0.4) is 0 Å². The fourth-order valence-corrected chi connectivity index (χ4v) is 0.106. The maximum absolute atomic E-state index is 9.70. The first-order valence-corrected chi connectivity index (χ1v) is 1.84. The van der Waals surface area contributed by atoms with Crippen molar-refractivity contribution < 1.29 is 19.8 Å². The third kappa shape index (κ3) is 15.4. The molecule has 0 aromatic heterocycles. The third-order valence-corrected chi connectivity index (χ3v) is 0.596. The van der Waals surface area contributed by atoms with Crippen LogP contribution in [-0.2, 0) is 9.59 Å². The second-order valence-corrected chi connectivity index (χ2v) is 1.23. The Labute approximate surface area is 159 Å². The first kappa shape index (κ1) is 29.4. The van der Waals surface area contributed by atoms with Crippen molar-refractivity contribution in [2.75, 3.05) is 0 Å². The minimum absolute atomic E-state index is 0. The Kier molecular flexibility index (Phi) is 40.1. The summed E-state index contributed by atoms with van der Waals surface area (Å²) in [5.74, 6) is -4.38. The fraction of sp³-hybridized carbons (Fsp3) is 0.250. The summed E-state index contributed by atoms with van der Waals surface area (Å²) in [7, 11) is 0. The molecule has 0 bridgehead atoms. The summed E-state index contributed by atoms with van der Waals surface area (Å²) in [6, 6.07) is 0. The predicted molar refractivity (Wildman–Crippen MR) is 52.7 cm³/mol. The molecule has 4 nitrogen and oxygen atoms in total. The van der Waals surface area contributed by atoms with Crippen LogP contribution >= 0.6 is 0 Å². The van der Waals surface area contributed by atoms with Gasteiger partial charge in [-0.25, -0.2) is 0 Å². The van der Waals surface area contributed by atoms with Crippen molar-refractivity contribution in [1.29, 1.82) is 0 Å². The van der Waals surface area contributed by atoms with Crippen LogP contribution in [0.15, 0.2) is 0 Å². The molecule has 0 atom stereocenters. The zero-order valence-corrected chi connectivity index (χ0v) is 4.00. The summed E-state index contributed by atoms with van der Waals surface area (Å²) in [5, 5.41) is 15.8. The van der Waals surface area contributed by atoms with Gasteiger partial charge in [0.25, 0.3) is 0 Å². The van der Waals surface area contributed by atoms with E-state index in [4.69, 9.17) is 10.2 Å². The van der Waals surface area contributed by atoms with Crippen molar-refractivity contribution in [3.05, 3.63) is 6.92 Å². The molecule has 1 radical (unpaired) electrons. The monoisotopic (exact) mass is 213 g/mol. The van der Waals surface area contributed by atoms with Gasteiger partial charge in [0.2, 0.25) is 0 Å². The Morgan fingerprint density at radius 1 is 0.917 bits per heavy atom. The van der Waals surface area contributed by atoms with Gasteiger partial charge < -0.3 is 10.2 Å². The Morgan fingerprint density at radius 2 is 1.08 bits per heavy atom. The second kappa shape index (κ2) is 16.4. The summed E-state index contributed by atoms with van der Waals surface area (Å²) in [6.07, 6.45) is 0. The van der Waals surface area contributed by atoms with E-state index < -0.39 is 17.9 Å². The van der Waals surface area contributed by atoms with Crippen LogP contribution in [0.1, 0.15) is 0 Å². The van der Waals surface area contributed by atoms with E-state index in [2.05, 4.69) is 6.92 Å². The first-order chi connectivity index (χ1) is 3.55. The topological polar surface area (TPSA) is 74.6 Å². The van der Waals surface area contributed by atoms with Gasteiger partial charge in [-0.2, -0.15) is 0 Å². The van der Waals surface area contributed by atoms with E-state index in [1.807, 2.05) is 0 Å². The minimum atomic E-state index is -1.55. The third-order valence-electron chi connectivity index (χ3n) is 0.596. The molecule has 2 N–H and O–H groups in total. The van der Waals surface area contributed by atoms with Crippen molar-refractivity contribution in [2.45, 2.75) is 0 Å². The summed E-state index contributed by atoms with van der Waals surface area (Å²) < 4.78 is 0. The van der Waals surface area contributed by atoms with E-state index in [1.165, 1.54) is 0 Å². The fourth-order valence-electron chi connectivity index (χ4n) is 0.106. The average Bonchev–Trinajstić information content (AvgIpc) is 1.64. The van der Waals surface area contributed by atoms with E-state index >= 15 is 0 Å². The van der Waals surface area contributed by atoms with Gasteiger partial charge in [0.05, 0.1) is 0 Å². The number of rotatable bonds is 2. The first-order valence-electron chi connectivity index (χ1n) is 1.84. The van der Waals surface area contributed by atoms with Crippen molar-refractivity contribution >= 4 is 130 Å². The molecule has 0 aliphatic rings. The molecular formula is C4H9Na4O4. The van der Waals surface area contributed by atoms with E-state index in [0.717, 1.165) is 0 Å². The van der Waals surface area contributed by atoms with Crippen LogP contribution in [0, 0.1) is 12.8 Å². The Morgan fingerprint density at radius 3 is 1.08 bits per heavy atom.